The van der Waals surface area contributed by atoms with Gasteiger partial charge >= 0.3 is 15.2 Å². The molecular weight excluding hydrogens is 242 g/mol. The van der Waals surface area contributed by atoms with Crippen LogP contribution in [0.1, 0.15) is 5.56 Å². The summed E-state index contributed by atoms with van der Waals surface area (Å²) in [4.78, 5) is 35.6. The maximum atomic E-state index is 11.0. The molecule has 0 aliphatic heterocycles. The molecule has 1 aromatic rings. The van der Waals surface area contributed by atoms with Gasteiger partial charge in [0.05, 0.1) is 10.6 Å². The Morgan fingerprint density at radius 2 is 1.40 bits per heavy atom. The van der Waals surface area contributed by atoms with Crippen LogP contribution in [-0.2, 0) is 9.13 Å². The fourth-order valence-electron chi connectivity index (χ4n) is 1.11. The third-order valence-corrected chi connectivity index (χ3v) is 3.95. The van der Waals surface area contributed by atoms with Crippen molar-refractivity contribution in [3.05, 3.63) is 23.8 Å². The Bertz CT molecular complexity index is 470. The highest BCUT2D eigenvalue weighted by Crippen LogP contribution is 2.40. The average molecular weight is 252 g/mol. The van der Waals surface area contributed by atoms with Crippen molar-refractivity contribution in [3.63, 3.8) is 0 Å². The van der Waals surface area contributed by atoms with Gasteiger partial charge in [0.1, 0.15) is 0 Å². The average Bonchev–Trinajstić information content (AvgIpc) is 2.00. The summed E-state index contributed by atoms with van der Waals surface area (Å²) in [6.07, 6.45) is 0. The van der Waals surface area contributed by atoms with Gasteiger partial charge in [0.15, 0.2) is 0 Å². The maximum Gasteiger partial charge on any atom is 0.357 e. The highest BCUT2D eigenvalue weighted by molar-refractivity contribution is 7.67. The summed E-state index contributed by atoms with van der Waals surface area (Å²) in [5.41, 5.74) is 0.519. The molecule has 0 aliphatic carbocycles. The minimum atomic E-state index is -4.67. The summed E-state index contributed by atoms with van der Waals surface area (Å²) in [5, 5.41) is -1.24. The molecule has 0 radical (unpaired) electrons. The molecule has 8 heteroatoms. The summed E-state index contributed by atoms with van der Waals surface area (Å²) in [6, 6.07) is 3.49. The summed E-state index contributed by atoms with van der Waals surface area (Å²) in [5.74, 6) is 0. The second-order valence-electron chi connectivity index (χ2n) is 3.08. The van der Waals surface area contributed by atoms with Crippen LogP contribution in [-0.4, -0.2) is 19.6 Å². The first-order chi connectivity index (χ1) is 6.62. The number of aryl methyl sites for hydroxylation is 1. The Morgan fingerprint density at radius 3 is 1.80 bits per heavy atom. The third kappa shape index (κ3) is 2.98. The van der Waals surface area contributed by atoms with Crippen LogP contribution < -0.4 is 10.6 Å². The van der Waals surface area contributed by atoms with Crippen LogP contribution in [0.15, 0.2) is 18.2 Å². The van der Waals surface area contributed by atoms with E-state index >= 15 is 0 Å². The minimum absolute atomic E-state index is 0.519. The molecule has 0 atom stereocenters. The van der Waals surface area contributed by atoms with Gasteiger partial charge in [-0.1, -0.05) is 11.6 Å². The largest absolute Gasteiger partial charge is 0.357 e. The van der Waals surface area contributed by atoms with E-state index in [4.69, 9.17) is 19.6 Å². The molecule has 0 heterocycles. The van der Waals surface area contributed by atoms with E-state index in [9.17, 15) is 9.13 Å². The van der Waals surface area contributed by atoms with Crippen molar-refractivity contribution in [2.45, 2.75) is 6.92 Å². The first-order valence-corrected chi connectivity index (χ1v) is 7.08. The van der Waals surface area contributed by atoms with E-state index in [-0.39, 0.29) is 0 Å². The van der Waals surface area contributed by atoms with Gasteiger partial charge in [-0.2, -0.15) is 0 Å². The standard InChI is InChI=1S/C7H10O6P2/c1-5-2-3-6(14(8,9)10)7(4-5)15(11,12)13/h2-4H,1H3,(H2,8,9,10)(H2,11,12,13). The molecule has 0 saturated heterocycles. The maximum absolute atomic E-state index is 11.0. The first kappa shape index (κ1) is 12.6. The van der Waals surface area contributed by atoms with E-state index in [1.54, 1.807) is 6.92 Å². The van der Waals surface area contributed by atoms with Gasteiger partial charge < -0.3 is 19.6 Å². The number of benzene rings is 1. The smallest absolute Gasteiger partial charge is 0.321 e. The van der Waals surface area contributed by atoms with Crippen LogP contribution in [0.5, 0.6) is 0 Å². The summed E-state index contributed by atoms with van der Waals surface area (Å²) < 4.78 is 22.0. The van der Waals surface area contributed by atoms with Crippen molar-refractivity contribution in [2.75, 3.05) is 0 Å². The van der Waals surface area contributed by atoms with E-state index in [0.29, 0.717) is 5.56 Å². The molecule has 0 fully saturated rings. The van der Waals surface area contributed by atoms with Crippen LogP contribution in [0.4, 0.5) is 0 Å². The fraction of sp³-hybridized carbons (Fsp3) is 0.143. The summed E-state index contributed by atoms with van der Waals surface area (Å²) in [6.45, 7) is 1.57. The Balaban J connectivity index is 3.55. The van der Waals surface area contributed by atoms with Crippen molar-refractivity contribution in [1.82, 2.24) is 0 Å². The summed E-state index contributed by atoms with van der Waals surface area (Å²) in [7, 11) is -9.34. The van der Waals surface area contributed by atoms with Crippen LogP contribution >= 0.6 is 15.2 Å². The number of rotatable bonds is 2. The van der Waals surface area contributed by atoms with Crippen molar-refractivity contribution in [2.24, 2.45) is 0 Å². The van der Waals surface area contributed by atoms with E-state index in [1.165, 1.54) is 6.07 Å². The van der Waals surface area contributed by atoms with Gasteiger partial charge in [-0.05, 0) is 19.1 Å². The Morgan fingerprint density at radius 1 is 0.933 bits per heavy atom. The van der Waals surface area contributed by atoms with Crippen LogP contribution in [0.3, 0.4) is 0 Å². The van der Waals surface area contributed by atoms with E-state index in [1.807, 2.05) is 0 Å². The fourth-order valence-corrected chi connectivity index (χ4v) is 3.27. The predicted molar refractivity (Wildman–Crippen MR) is 54.5 cm³/mol. The molecule has 4 N–H and O–H groups in total. The van der Waals surface area contributed by atoms with Crippen LogP contribution in [0, 0.1) is 6.92 Å². The molecule has 0 unspecified atom stereocenters. The van der Waals surface area contributed by atoms with Crippen molar-refractivity contribution >= 4 is 25.8 Å². The van der Waals surface area contributed by atoms with E-state index in [0.717, 1.165) is 12.1 Å². The normalized spacial score (nSPS) is 12.9. The molecule has 6 nitrogen and oxygen atoms in total. The van der Waals surface area contributed by atoms with Gasteiger partial charge in [0.2, 0.25) is 0 Å². The van der Waals surface area contributed by atoms with Crippen molar-refractivity contribution in [3.8, 4) is 0 Å². The van der Waals surface area contributed by atoms with E-state index in [2.05, 4.69) is 0 Å². The molecule has 0 bridgehead atoms. The minimum Gasteiger partial charge on any atom is -0.321 e. The summed E-state index contributed by atoms with van der Waals surface area (Å²) >= 11 is 0. The third-order valence-electron chi connectivity index (χ3n) is 1.76. The van der Waals surface area contributed by atoms with Crippen LogP contribution in [0.2, 0.25) is 0 Å². The van der Waals surface area contributed by atoms with E-state index < -0.39 is 25.8 Å². The lowest BCUT2D eigenvalue weighted by atomic mass is 10.2. The predicted octanol–water partition coefficient (Wildman–Crippen LogP) is -0.399. The molecule has 0 amide bonds. The van der Waals surface area contributed by atoms with Crippen molar-refractivity contribution < 1.29 is 28.7 Å². The molecule has 0 saturated carbocycles. The lowest BCUT2D eigenvalue weighted by Crippen LogP contribution is -2.25. The highest BCUT2D eigenvalue weighted by atomic mass is 31.2. The molecular formula is C7H10O6P2. The van der Waals surface area contributed by atoms with Crippen molar-refractivity contribution in [1.29, 1.82) is 0 Å². The molecule has 0 aromatic heterocycles. The Labute approximate surface area is 85.9 Å². The molecule has 1 aromatic carbocycles. The molecule has 15 heavy (non-hydrogen) atoms. The number of hydrogen-bond acceptors (Lipinski definition) is 2. The lowest BCUT2D eigenvalue weighted by molar-refractivity contribution is 0.381. The van der Waals surface area contributed by atoms with Gasteiger partial charge in [-0.25, -0.2) is 0 Å². The SMILES string of the molecule is Cc1ccc(P(=O)(O)O)c(P(=O)(O)O)c1. The monoisotopic (exact) mass is 252 g/mol. The molecule has 0 aliphatic rings. The van der Waals surface area contributed by atoms with Gasteiger partial charge in [0.25, 0.3) is 0 Å². The highest BCUT2D eigenvalue weighted by Gasteiger charge is 2.30. The van der Waals surface area contributed by atoms with Gasteiger partial charge in [-0.15, -0.1) is 0 Å². The lowest BCUT2D eigenvalue weighted by Gasteiger charge is -2.12. The zero-order valence-corrected chi connectivity index (χ0v) is 9.52. The topological polar surface area (TPSA) is 115 Å². The molecule has 84 valence electrons. The van der Waals surface area contributed by atoms with Crippen LogP contribution in [0.25, 0.3) is 0 Å². The molecule has 0 spiro atoms. The molecule has 1 rings (SSSR count). The quantitative estimate of drug-likeness (QED) is 0.532. The Hall–Kier alpha value is -0.480. The van der Waals surface area contributed by atoms with Gasteiger partial charge in [0, 0.05) is 0 Å². The Kier molecular flexibility index (Phi) is 3.22. The second kappa shape index (κ2) is 3.83. The second-order valence-corrected chi connectivity index (χ2v) is 6.22. The number of hydrogen-bond donors (Lipinski definition) is 4. The zero-order chi connectivity index (χ0) is 11.9. The van der Waals surface area contributed by atoms with Gasteiger partial charge in [-0.3, -0.25) is 9.13 Å². The zero-order valence-electron chi connectivity index (χ0n) is 7.73. The first-order valence-electron chi connectivity index (χ1n) is 3.85.